The van der Waals surface area contributed by atoms with Crippen molar-refractivity contribution in [2.45, 2.75) is 31.2 Å². The van der Waals surface area contributed by atoms with Crippen LogP contribution >= 0.6 is 58.8 Å². The zero-order valence-electron chi connectivity index (χ0n) is 23.9. The predicted molar refractivity (Wildman–Crippen MR) is 188 cm³/mol. The summed E-state index contributed by atoms with van der Waals surface area (Å²) in [6.07, 6.45) is 1.13. The molecule has 0 fully saturated rings. The van der Waals surface area contributed by atoms with E-state index in [2.05, 4.69) is 20.3 Å². The third-order valence-electron chi connectivity index (χ3n) is 7.53. The molecule has 0 spiro atoms. The molecule has 0 aliphatic carbocycles. The first-order chi connectivity index (χ1) is 21.6. The molecule has 0 saturated heterocycles. The van der Waals surface area contributed by atoms with Gasteiger partial charge in [-0.2, -0.15) is 0 Å². The number of imidazole rings is 2. The zero-order valence-corrected chi connectivity index (χ0v) is 27.7. The fourth-order valence-electron chi connectivity index (χ4n) is 5.42. The van der Waals surface area contributed by atoms with Gasteiger partial charge in [-0.15, -0.1) is 12.4 Å². The molecule has 0 saturated carbocycles. The highest BCUT2D eigenvalue weighted by Crippen LogP contribution is 2.33. The Morgan fingerprint density at radius 2 is 1.50 bits per heavy atom. The topological polar surface area (TPSA) is 113 Å². The van der Waals surface area contributed by atoms with Crippen molar-refractivity contribution in [3.8, 4) is 0 Å². The number of aromatic amines is 1. The van der Waals surface area contributed by atoms with Crippen LogP contribution in [0.1, 0.15) is 48.0 Å². The summed E-state index contributed by atoms with van der Waals surface area (Å²) in [5.74, 6) is 0.601. The maximum Gasteiger partial charge on any atom is 0.305 e. The van der Waals surface area contributed by atoms with Crippen molar-refractivity contribution in [2.24, 2.45) is 0 Å². The highest BCUT2D eigenvalue weighted by Gasteiger charge is 2.29. The number of nitrogens with one attached hydrogen (secondary N) is 2. The van der Waals surface area contributed by atoms with Gasteiger partial charge in [0.1, 0.15) is 5.82 Å². The van der Waals surface area contributed by atoms with E-state index >= 15 is 0 Å². The van der Waals surface area contributed by atoms with Gasteiger partial charge < -0.3 is 15.4 Å². The minimum Gasteiger partial charge on any atom is -0.481 e. The van der Waals surface area contributed by atoms with Crippen LogP contribution in [0.2, 0.25) is 20.1 Å². The minimum atomic E-state index is -0.906. The van der Waals surface area contributed by atoms with Crippen LogP contribution in [0.5, 0.6) is 0 Å². The van der Waals surface area contributed by atoms with Crippen molar-refractivity contribution < 1.29 is 16.1 Å². The number of nitrogens with zero attached hydrogens (tertiary/aromatic N) is 3. The summed E-state index contributed by atoms with van der Waals surface area (Å²) in [6.45, 7) is 0. The molecule has 2 aromatic heterocycles. The molecule has 238 valence electrons. The van der Waals surface area contributed by atoms with E-state index < -0.39 is 12.0 Å². The molecular weight excluding hydrogens is 692 g/mol. The number of benzene rings is 4. The molecule has 3 heterocycles. The Balaban J connectivity index is 0.000000204. The summed E-state index contributed by atoms with van der Waals surface area (Å²) in [5.41, 5.74) is 5.07. The van der Waals surface area contributed by atoms with E-state index in [-0.39, 0.29) is 32.1 Å². The number of H-pyrrole nitrogens is 1. The zero-order chi connectivity index (χ0) is 31.7. The molecular formula is C33H28Cl5N5O3. The van der Waals surface area contributed by atoms with E-state index in [0.717, 1.165) is 45.4 Å². The molecule has 3 N–H and O–H groups in total. The van der Waals surface area contributed by atoms with Crippen LogP contribution in [0.15, 0.2) is 84.9 Å². The molecule has 4 aromatic carbocycles. The number of halogens is 5. The number of hydrogen-bond acceptors (Lipinski definition) is 5. The number of carbonyl (C=O) groups is 2. The van der Waals surface area contributed by atoms with Crippen LogP contribution in [0.3, 0.4) is 0 Å². The molecule has 7 rings (SSSR count). The van der Waals surface area contributed by atoms with Gasteiger partial charge >= 0.3 is 5.97 Å². The van der Waals surface area contributed by atoms with E-state index in [1.807, 2.05) is 30.3 Å². The number of hydrogen-bond donors (Lipinski definition) is 3. The average molecular weight is 720 g/mol. The monoisotopic (exact) mass is 717 g/mol. The summed E-state index contributed by atoms with van der Waals surface area (Å²) in [4.78, 5) is 35.8. The van der Waals surface area contributed by atoms with Crippen LogP contribution in [0.25, 0.3) is 22.1 Å². The van der Waals surface area contributed by atoms with E-state index in [4.69, 9.17) is 51.5 Å². The van der Waals surface area contributed by atoms with Crippen molar-refractivity contribution in [2.75, 3.05) is 5.32 Å². The number of anilines is 1. The fraction of sp³-hybridized carbons (Fsp3) is 0.152. The number of carboxylic acids is 1. The molecule has 1 aliphatic rings. The van der Waals surface area contributed by atoms with Gasteiger partial charge in [0.05, 0.1) is 34.5 Å². The van der Waals surface area contributed by atoms with Crippen molar-refractivity contribution in [3.63, 3.8) is 0 Å². The summed E-state index contributed by atoms with van der Waals surface area (Å²) in [5, 5.41) is 14.8. The highest BCUT2D eigenvalue weighted by molar-refractivity contribution is 6.32. The summed E-state index contributed by atoms with van der Waals surface area (Å²) in [6, 6.07) is 25.1. The molecule has 6 aromatic rings. The van der Waals surface area contributed by atoms with Crippen molar-refractivity contribution >= 4 is 98.7 Å². The van der Waals surface area contributed by atoms with E-state index in [0.29, 0.717) is 32.5 Å². The molecule has 8 nitrogen and oxygen atoms in total. The number of aromatic nitrogens is 4. The third-order valence-corrected chi connectivity index (χ3v) is 8.51. The first kappa shape index (κ1) is 33.6. The maximum absolute atomic E-state index is 12.6. The van der Waals surface area contributed by atoms with Crippen LogP contribution in [-0.4, -0.2) is 36.5 Å². The molecule has 0 bridgehead atoms. The number of fused-ring (bicyclic) bond motifs is 4. The Bertz CT molecular complexity index is 2030. The van der Waals surface area contributed by atoms with Gasteiger partial charge in [-0.25, -0.2) is 9.97 Å². The average Bonchev–Trinajstić information content (AvgIpc) is 3.57. The summed E-state index contributed by atoms with van der Waals surface area (Å²) < 4.78 is 1.72. The van der Waals surface area contributed by atoms with E-state index in [9.17, 15) is 9.59 Å². The lowest BCUT2D eigenvalue weighted by molar-refractivity contribution is -0.137. The Hall–Kier alpha value is -3.79. The lowest BCUT2D eigenvalue weighted by Crippen LogP contribution is -2.25. The number of rotatable bonds is 6. The van der Waals surface area contributed by atoms with Gasteiger partial charge in [0, 0.05) is 34.4 Å². The quantitative estimate of drug-likeness (QED) is 0.158. The van der Waals surface area contributed by atoms with Crippen LogP contribution in [-0.2, 0) is 11.2 Å². The molecule has 13 heteroatoms. The van der Waals surface area contributed by atoms with Crippen molar-refractivity contribution in [1.82, 2.24) is 19.5 Å². The third kappa shape index (κ3) is 7.60. The van der Waals surface area contributed by atoms with Gasteiger partial charge in [0.15, 0.2) is 0 Å². The van der Waals surface area contributed by atoms with Crippen LogP contribution in [0, 0.1) is 0 Å². The van der Waals surface area contributed by atoms with E-state index in [1.54, 1.807) is 59.2 Å². The molecule has 1 aliphatic heterocycles. The minimum absolute atomic E-state index is 0. The van der Waals surface area contributed by atoms with E-state index in [1.165, 1.54) is 0 Å². The van der Waals surface area contributed by atoms with Crippen LogP contribution < -0.4 is 5.32 Å². The Morgan fingerprint density at radius 3 is 2.20 bits per heavy atom. The standard InChI is InChI=1S/C17H12Cl2N2O.C16H13Cl2N3O2.ClH.H2/c18-12-3-1-10(2-4-12)11-7-16-20-14-9-13(19)5-6-15(14)21(16)17(22)8-11;17-10-3-1-9(2-4-10)13(8-15(22)23)20-16-19-12-6-5-11(18)7-14(12)21-16;;/h1-6,9,11H,7-8H2;1-7,13H,8H2,(H,22,23)(H2,19,20,21);2*1H. The lowest BCUT2D eigenvalue weighted by atomic mass is 9.90. The van der Waals surface area contributed by atoms with Gasteiger partial charge in [-0.3, -0.25) is 14.2 Å². The second-order valence-electron chi connectivity index (χ2n) is 10.6. The van der Waals surface area contributed by atoms with Gasteiger partial charge in [0.25, 0.3) is 0 Å². The number of aliphatic carboxylic acids is 1. The molecule has 46 heavy (non-hydrogen) atoms. The smallest absolute Gasteiger partial charge is 0.305 e. The second kappa shape index (κ2) is 14.3. The lowest BCUT2D eigenvalue weighted by Gasteiger charge is -2.22. The summed E-state index contributed by atoms with van der Waals surface area (Å²) in [7, 11) is 0. The van der Waals surface area contributed by atoms with Gasteiger partial charge in [-0.05, 0) is 77.7 Å². The first-order valence-electron chi connectivity index (χ1n) is 14.0. The predicted octanol–water partition coefficient (Wildman–Crippen LogP) is 9.88. The van der Waals surface area contributed by atoms with Crippen molar-refractivity contribution in [1.29, 1.82) is 0 Å². The second-order valence-corrected chi connectivity index (χ2v) is 12.4. The highest BCUT2D eigenvalue weighted by atomic mass is 35.5. The SMILES string of the molecule is Cl.O=C(O)CC(Nc1nc2ccc(Cl)cc2[nH]1)c1ccc(Cl)cc1.O=C1CC(c2ccc(Cl)cc2)Cc2nc3cc(Cl)ccc3n21.[HH]. The number of carbonyl (C=O) groups excluding carboxylic acids is 1. The Kier molecular flexibility index (Phi) is 10.5. The Morgan fingerprint density at radius 1 is 0.870 bits per heavy atom. The molecule has 0 amide bonds. The molecule has 2 unspecified atom stereocenters. The molecule has 2 atom stereocenters. The van der Waals surface area contributed by atoms with Gasteiger partial charge in [0.2, 0.25) is 11.9 Å². The fourth-order valence-corrected chi connectivity index (χ4v) is 6.01. The maximum atomic E-state index is 12.6. The van der Waals surface area contributed by atoms with Crippen molar-refractivity contribution in [3.05, 3.63) is 122 Å². The largest absolute Gasteiger partial charge is 0.481 e. The van der Waals surface area contributed by atoms with Gasteiger partial charge in [-0.1, -0.05) is 70.7 Å². The molecule has 0 radical (unpaired) electrons. The number of carboxylic acid groups (broad SMARTS) is 1. The summed E-state index contributed by atoms with van der Waals surface area (Å²) >= 11 is 23.8. The normalized spacial score (nSPS) is 14.6. The first-order valence-corrected chi connectivity index (χ1v) is 15.5. The van der Waals surface area contributed by atoms with Crippen LogP contribution in [0.4, 0.5) is 5.95 Å². The Labute approximate surface area is 291 Å².